The molecular weight excluding hydrogens is 228 g/mol. The summed E-state index contributed by atoms with van der Waals surface area (Å²) in [6.45, 7) is 5.59. The first kappa shape index (κ1) is 12.6. The zero-order chi connectivity index (χ0) is 13.4. The Morgan fingerprint density at radius 3 is 2.17 bits per heavy atom. The van der Waals surface area contributed by atoms with E-state index in [4.69, 9.17) is 5.73 Å². The Labute approximate surface area is 107 Å². The lowest BCUT2D eigenvalue weighted by Crippen LogP contribution is -2.30. The molecule has 1 aliphatic rings. The van der Waals surface area contributed by atoms with Crippen molar-refractivity contribution in [3.8, 4) is 0 Å². The summed E-state index contributed by atoms with van der Waals surface area (Å²) in [5.74, 6) is -0.804. The highest BCUT2D eigenvalue weighted by Crippen LogP contribution is 2.32. The number of nitrogen functional groups attached to an aromatic ring is 1. The van der Waals surface area contributed by atoms with Crippen LogP contribution < -0.4 is 10.6 Å². The van der Waals surface area contributed by atoms with Gasteiger partial charge in [0.15, 0.2) is 0 Å². The Balaban J connectivity index is 2.41. The minimum atomic E-state index is -0.260. The van der Waals surface area contributed by atoms with E-state index in [9.17, 15) is 9.59 Å². The summed E-state index contributed by atoms with van der Waals surface area (Å²) >= 11 is 0. The molecule has 1 aromatic carbocycles. The lowest BCUT2D eigenvalue weighted by atomic mass is 10.00. The van der Waals surface area contributed by atoms with Crippen molar-refractivity contribution in [3.05, 3.63) is 23.8 Å². The van der Waals surface area contributed by atoms with Crippen molar-refractivity contribution in [2.24, 2.45) is 11.8 Å². The van der Waals surface area contributed by atoms with Crippen LogP contribution in [0.4, 0.5) is 11.4 Å². The molecule has 1 aliphatic heterocycles. The number of hydrogen-bond acceptors (Lipinski definition) is 3. The van der Waals surface area contributed by atoms with E-state index in [0.29, 0.717) is 11.4 Å². The molecule has 1 fully saturated rings. The van der Waals surface area contributed by atoms with Gasteiger partial charge in [0.25, 0.3) is 0 Å². The number of carbonyl (C=O) groups excluding carboxylic acids is 2. The number of nitrogens with two attached hydrogens (primary N) is 1. The van der Waals surface area contributed by atoms with Crippen LogP contribution >= 0.6 is 0 Å². The van der Waals surface area contributed by atoms with Crippen molar-refractivity contribution >= 4 is 23.2 Å². The van der Waals surface area contributed by atoms with E-state index in [0.717, 1.165) is 12.0 Å². The highest BCUT2D eigenvalue weighted by Gasteiger charge is 2.43. The quantitative estimate of drug-likeness (QED) is 0.641. The fourth-order valence-electron chi connectivity index (χ4n) is 2.24. The number of hydrogen-bond donors (Lipinski definition) is 1. The summed E-state index contributed by atoms with van der Waals surface area (Å²) in [6, 6.07) is 5.37. The maximum atomic E-state index is 12.1. The van der Waals surface area contributed by atoms with E-state index in [1.807, 2.05) is 13.0 Å². The van der Waals surface area contributed by atoms with Crippen molar-refractivity contribution in [2.75, 3.05) is 10.6 Å². The molecule has 0 aromatic heterocycles. The second kappa shape index (κ2) is 4.44. The van der Waals surface area contributed by atoms with Crippen molar-refractivity contribution in [2.45, 2.75) is 27.2 Å². The molecule has 2 unspecified atom stereocenters. The third-order valence-corrected chi connectivity index (χ3v) is 3.74. The minimum absolute atomic E-state index is 0.142. The monoisotopic (exact) mass is 246 g/mol. The number of anilines is 2. The molecule has 1 saturated heterocycles. The Morgan fingerprint density at radius 2 is 1.72 bits per heavy atom. The van der Waals surface area contributed by atoms with Gasteiger partial charge >= 0.3 is 0 Å². The third kappa shape index (κ3) is 1.78. The van der Waals surface area contributed by atoms with Crippen LogP contribution in [0, 0.1) is 11.8 Å². The van der Waals surface area contributed by atoms with E-state index >= 15 is 0 Å². The maximum absolute atomic E-state index is 12.1. The predicted octanol–water partition coefficient (Wildman–Crippen LogP) is 1.98. The number of rotatable bonds is 2. The molecule has 4 heteroatoms. The smallest absolute Gasteiger partial charge is 0.237 e. The van der Waals surface area contributed by atoms with E-state index in [-0.39, 0.29) is 23.7 Å². The fraction of sp³-hybridized carbons (Fsp3) is 0.429. The van der Waals surface area contributed by atoms with Crippen molar-refractivity contribution in [3.63, 3.8) is 0 Å². The van der Waals surface area contributed by atoms with Gasteiger partial charge in [-0.05, 0) is 24.1 Å². The lowest BCUT2D eigenvalue weighted by Gasteiger charge is -2.16. The van der Waals surface area contributed by atoms with E-state index in [1.54, 1.807) is 26.0 Å². The third-order valence-electron chi connectivity index (χ3n) is 3.74. The standard InChI is InChI=1S/C14H18N2O2/c1-4-10-5-6-11(7-12(10)15)16-13(17)8(2)9(3)14(16)18/h5-9H,4,15H2,1-3H3. The molecule has 2 atom stereocenters. The number of amides is 2. The van der Waals surface area contributed by atoms with Gasteiger partial charge in [-0.15, -0.1) is 0 Å². The topological polar surface area (TPSA) is 63.4 Å². The highest BCUT2D eigenvalue weighted by molar-refractivity contribution is 6.21. The second-order valence-electron chi connectivity index (χ2n) is 4.83. The molecular formula is C14H18N2O2. The summed E-state index contributed by atoms with van der Waals surface area (Å²) in [7, 11) is 0. The van der Waals surface area contributed by atoms with Gasteiger partial charge in [-0.1, -0.05) is 26.8 Å². The summed E-state index contributed by atoms with van der Waals surface area (Å²) in [6.07, 6.45) is 0.834. The average Bonchev–Trinajstić information content (AvgIpc) is 2.54. The van der Waals surface area contributed by atoms with Crippen LogP contribution in [0.1, 0.15) is 26.3 Å². The Bertz CT molecular complexity index is 491. The van der Waals surface area contributed by atoms with E-state index < -0.39 is 0 Å². The molecule has 0 aliphatic carbocycles. The molecule has 0 saturated carbocycles. The molecule has 2 N–H and O–H groups in total. The zero-order valence-electron chi connectivity index (χ0n) is 10.9. The van der Waals surface area contributed by atoms with Crippen LogP contribution in [0.25, 0.3) is 0 Å². The van der Waals surface area contributed by atoms with E-state index in [2.05, 4.69) is 0 Å². The zero-order valence-corrected chi connectivity index (χ0v) is 10.9. The first-order valence-electron chi connectivity index (χ1n) is 6.23. The molecule has 4 nitrogen and oxygen atoms in total. The minimum Gasteiger partial charge on any atom is -0.398 e. The summed E-state index contributed by atoms with van der Waals surface area (Å²) in [5.41, 5.74) is 8.14. The Hall–Kier alpha value is -1.84. The SMILES string of the molecule is CCc1ccc(N2C(=O)C(C)C(C)C2=O)cc1N. The molecule has 2 rings (SSSR count). The van der Waals surface area contributed by atoms with Crippen molar-refractivity contribution in [1.29, 1.82) is 0 Å². The second-order valence-corrected chi connectivity index (χ2v) is 4.83. The summed E-state index contributed by atoms with van der Waals surface area (Å²) in [4.78, 5) is 25.4. The van der Waals surface area contributed by atoms with Crippen LogP contribution in [0.2, 0.25) is 0 Å². The summed E-state index contributed by atoms with van der Waals surface area (Å²) < 4.78 is 0. The van der Waals surface area contributed by atoms with Gasteiger partial charge in [0.2, 0.25) is 11.8 Å². The van der Waals surface area contributed by atoms with Gasteiger partial charge in [-0.3, -0.25) is 9.59 Å². The highest BCUT2D eigenvalue weighted by atomic mass is 16.2. The fourth-order valence-corrected chi connectivity index (χ4v) is 2.24. The first-order valence-corrected chi connectivity index (χ1v) is 6.23. The first-order chi connectivity index (χ1) is 8.47. The van der Waals surface area contributed by atoms with Gasteiger partial charge in [0, 0.05) is 17.5 Å². The van der Waals surface area contributed by atoms with Gasteiger partial charge in [0.05, 0.1) is 5.69 Å². The Morgan fingerprint density at radius 1 is 1.17 bits per heavy atom. The number of benzene rings is 1. The molecule has 0 spiro atoms. The van der Waals surface area contributed by atoms with Gasteiger partial charge in [-0.2, -0.15) is 0 Å². The molecule has 2 amide bonds. The van der Waals surface area contributed by atoms with Crippen molar-refractivity contribution < 1.29 is 9.59 Å². The van der Waals surface area contributed by atoms with Crippen LogP contribution in [-0.4, -0.2) is 11.8 Å². The number of nitrogens with zero attached hydrogens (tertiary/aromatic N) is 1. The molecule has 0 radical (unpaired) electrons. The number of carbonyl (C=O) groups is 2. The lowest BCUT2D eigenvalue weighted by molar-refractivity contribution is -0.122. The molecule has 96 valence electrons. The van der Waals surface area contributed by atoms with Gasteiger partial charge in [0.1, 0.15) is 0 Å². The van der Waals surface area contributed by atoms with Crippen LogP contribution in [0.5, 0.6) is 0 Å². The van der Waals surface area contributed by atoms with Gasteiger partial charge < -0.3 is 5.73 Å². The predicted molar refractivity (Wildman–Crippen MR) is 71.1 cm³/mol. The average molecular weight is 246 g/mol. The summed E-state index contributed by atoms with van der Waals surface area (Å²) in [5, 5.41) is 0. The normalized spacial score (nSPS) is 23.8. The van der Waals surface area contributed by atoms with Gasteiger partial charge in [-0.25, -0.2) is 4.90 Å². The van der Waals surface area contributed by atoms with E-state index in [1.165, 1.54) is 4.90 Å². The van der Waals surface area contributed by atoms with Crippen LogP contribution in [0.3, 0.4) is 0 Å². The Kier molecular flexibility index (Phi) is 3.11. The van der Waals surface area contributed by atoms with Crippen LogP contribution in [0.15, 0.2) is 18.2 Å². The molecule has 0 bridgehead atoms. The maximum Gasteiger partial charge on any atom is 0.237 e. The van der Waals surface area contributed by atoms with Crippen LogP contribution in [-0.2, 0) is 16.0 Å². The molecule has 1 aromatic rings. The molecule has 18 heavy (non-hydrogen) atoms. The van der Waals surface area contributed by atoms with Crippen molar-refractivity contribution in [1.82, 2.24) is 0 Å². The number of imide groups is 1. The molecule has 1 heterocycles. The largest absolute Gasteiger partial charge is 0.398 e. The number of aryl methyl sites for hydroxylation is 1.